The van der Waals surface area contributed by atoms with Crippen LogP contribution in [0.1, 0.15) is 58.8 Å². The molecule has 1 aliphatic rings. The van der Waals surface area contributed by atoms with E-state index in [1.54, 1.807) is 0 Å². The largest absolute Gasteiger partial charge is 0.393 e. The van der Waals surface area contributed by atoms with Crippen LogP contribution in [0.4, 0.5) is 0 Å². The summed E-state index contributed by atoms with van der Waals surface area (Å²) >= 11 is 5.16. The Kier molecular flexibility index (Phi) is 6.42. The van der Waals surface area contributed by atoms with Crippen molar-refractivity contribution < 1.29 is 0 Å². The second kappa shape index (κ2) is 7.32. The molecule has 1 aliphatic heterocycles. The number of unbranched alkanes of at least 4 members (excludes halogenated alkanes) is 4. The molecule has 1 fully saturated rings. The fourth-order valence-corrected chi connectivity index (χ4v) is 2.66. The molecule has 0 aromatic carbocycles. The first-order chi connectivity index (χ1) is 8.08. The molecule has 0 spiro atoms. The molecular formula is C14H28N2S. The summed E-state index contributed by atoms with van der Waals surface area (Å²) in [5, 5.41) is 0. The first-order valence-electron chi connectivity index (χ1n) is 7.11. The van der Waals surface area contributed by atoms with Crippen molar-refractivity contribution in [2.24, 2.45) is 11.1 Å². The summed E-state index contributed by atoms with van der Waals surface area (Å²) in [5.41, 5.74) is 5.93. The first-order valence-corrected chi connectivity index (χ1v) is 7.51. The van der Waals surface area contributed by atoms with E-state index >= 15 is 0 Å². The summed E-state index contributed by atoms with van der Waals surface area (Å²) in [7, 11) is 0. The third-order valence-corrected chi connectivity index (χ3v) is 4.63. The van der Waals surface area contributed by atoms with E-state index in [1.807, 2.05) is 0 Å². The van der Waals surface area contributed by atoms with Crippen LogP contribution < -0.4 is 5.73 Å². The maximum absolute atomic E-state index is 5.81. The molecule has 1 heterocycles. The van der Waals surface area contributed by atoms with E-state index in [0.29, 0.717) is 4.99 Å². The van der Waals surface area contributed by atoms with Crippen LogP contribution in [0.25, 0.3) is 0 Å². The highest BCUT2D eigenvalue weighted by atomic mass is 32.1. The standard InChI is InChI=1S/C14H28N2S/c1-3-4-5-6-7-10-16-11-8-14(2,9-12-16)13(15)17/h3-12H2,1-2H3,(H2,15,17). The van der Waals surface area contributed by atoms with Gasteiger partial charge in [-0.15, -0.1) is 0 Å². The van der Waals surface area contributed by atoms with E-state index < -0.39 is 0 Å². The number of likely N-dealkylation sites (tertiary alicyclic amines) is 1. The van der Waals surface area contributed by atoms with Crippen LogP contribution in [-0.4, -0.2) is 29.5 Å². The predicted molar refractivity (Wildman–Crippen MR) is 79.3 cm³/mol. The van der Waals surface area contributed by atoms with Crippen molar-refractivity contribution in [3.8, 4) is 0 Å². The van der Waals surface area contributed by atoms with Crippen LogP contribution >= 0.6 is 12.2 Å². The van der Waals surface area contributed by atoms with Crippen LogP contribution in [-0.2, 0) is 0 Å². The van der Waals surface area contributed by atoms with Crippen molar-refractivity contribution in [1.29, 1.82) is 0 Å². The van der Waals surface area contributed by atoms with Crippen molar-refractivity contribution in [3.05, 3.63) is 0 Å². The Morgan fingerprint density at radius 2 is 1.76 bits per heavy atom. The van der Waals surface area contributed by atoms with Crippen LogP contribution in [0.2, 0.25) is 0 Å². The van der Waals surface area contributed by atoms with Crippen LogP contribution in [0.3, 0.4) is 0 Å². The van der Waals surface area contributed by atoms with Crippen molar-refractivity contribution in [2.75, 3.05) is 19.6 Å². The Morgan fingerprint density at radius 3 is 2.29 bits per heavy atom. The summed E-state index contributed by atoms with van der Waals surface area (Å²) in [6.07, 6.45) is 9.12. The van der Waals surface area contributed by atoms with E-state index in [4.69, 9.17) is 18.0 Å². The minimum Gasteiger partial charge on any atom is -0.393 e. The fraction of sp³-hybridized carbons (Fsp3) is 0.929. The number of rotatable bonds is 7. The molecule has 0 aliphatic carbocycles. The lowest BCUT2D eigenvalue weighted by Gasteiger charge is -2.38. The zero-order chi connectivity index (χ0) is 12.7. The minimum atomic E-state index is 0.119. The van der Waals surface area contributed by atoms with Crippen LogP contribution in [0.5, 0.6) is 0 Å². The Morgan fingerprint density at radius 1 is 1.18 bits per heavy atom. The second-order valence-corrected chi connectivity index (χ2v) is 6.12. The maximum atomic E-state index is 5.81. The van der Waals surface area contributed by atoms with E-state index in [0.717, 1.165) is 12.8 Å². The molecule has 2 N–H and O–H groups in total. The van der Waals surface area contributed by atoms with Gasteiger partial charge in [0.1, 0.15) is 0 Å². The normalized spacial score (nSPS) is 20.4. The van der Waals surface area contributed by atoms with Gasteiger partial charge in [-0.25, -0.2) is 0 Å². The third-order valence-electron chi connectivity index (χ3n) is 4.13. The average Bonchev–Trinajstić information content (AvgIpc) is 2.31. The van der Waals surface area contributed by atoms with Crippen LogP contribution in [0, 0.1) is 5.41 Å². The molecule has 0 radical (unpaired) electrons. The van der Waals surface area contributed by atoms with E-state index in [-0.39, 0.29) is 5.41 Å². The van der Waals surface area contributed by atoms with E-state index in [1.165, 1.54) is 51.7 Å². The molecule has 0 saturated carbocycles. The molecule has 100 valence electrons. The Bertz CT molecular complexity index is 232. The fourth-order valence-electron chi connectivity index (χ4n) is 2.46. The zero-order valence-corrected chi connectivity index (χ0v) is 12.3. The number of nitrogens with zero attached hydrogens (tertiary/aromatic N) is 1. The number of piperidine rings is 1. The Hall–Kier alpha value is -0.150. The van der Waals surface area contributed by atoms with Gasteiger partial charge in [-0.2, -0.15) is 0 Å². The van der Waals surface area contributed by atoms with Gasteiger partial charge in [0.25, 0.3) is 0 Å². The van der Waals surface area contributed by atoms with Crippen molar-refractivity contribution in [3.63, 3.8) is 0 Å². The summed E-state index contributed by atoms with van der Waals surface area (Å²) in [5.74, 6) is 0. The first kappa shape index (κ1) is 14.9. The molecule has 2 nitrogen and oxygen atoms in total. The lowest BCUT2D eigenvalue weighted by atomic mass is 9.80. The quantitative estimate of drug-likeness (QED) is 0.559. The summed E-state index contributed by atoms with van der Waals surface area (Å²) in [4.78, 5) is 3.28. The number of hydrogen-bond acceptors (Lipinski definition) is 2. The Labute approximate surface area is 112 Å². The van der Waals surface area contributed by atoms with Crippen LogP contribution in [0.15, 0.2) is 0 Å². The lowest BCUT2D eigenvalue weighted by molar-refractivity contribution is 0.162. The third kappa shape index (κ3) is 4.92. The molecule has 1 saturated heterocycles. The minimum absolute atomic E-state index is 0.119. The molecule has 1 rings (SSSR count). The smallest absolute Gasteiger partial charge is 0.0788 e. The molecule has 3 heteroatoms. The van der Waals surface area contributed by atoms with Crippen molar-refractivity contribution in [2.45, 2.75) is 58.8 Å². The molecule has 17 heavy (non-hydrogen) atoms. The molecule has 0 unspecified atom stereocenters. The highest BCUT2D eigenvalue weighted by Crippen LogP contribution is 2.31. The second-order valence-electron chi connectivity index (χ2n) is 5.68. The monoisotopic (exact) mass is 256 g/mol. The lowest BCUT2D eigenvalue weighted by Crippen LogP contribution is -2.44. The topological polar surface area (TPSA) is 29.3 Å². The van der Waals surface area contributed by atoms with Gasteiger partial charge >= 0.3 is 0 Å². The number of nitrogens with two attached hydrogens (primary N) is 1. The highest BCUT2D eigenvalue weighted by Gasteiger charge is 2.32. The van der Waals surface area contributed by atoms with Gasteiger partial charge in [0.2, 0.25) is 0 Å². The molecule has 0 amide bonds. The molecule has 0 aromatic rings. The SMILES string of the molecule is CCCCCCCN1CCC(C)(C(N)=S)CC1. The molecule has 0 atom stereocenters. The molecule has 0 bridgehead atoms. The highest BCUT2D eigenvalue weighted by molar-refractivity contribution is 7.80. The average molecular weight is 256 g/mol. The predicted octanol–water partition coefficient (Wildman–Crippen LogP) is 3.35. The van der Waals surface area contributed by atoms with Crippen molar-refractivity contribution >= 4 is 17.2 Å². The summed E-state index contributed by atoms with van der Waals surface area (Å²) in [6, 6.07) is 0. The van der Waals surface area contributed by atoms with Gasteiger partial charge in [0.15, 0.2) is 0 Å². The van der Waals surface area contributed by atoms with Gasteiger partial charge in [0, 0.05) is 5.41 Å². The number of thiocarbonyl (C=S) groups is 1. The van der Waals surface area contributed by atoms with E-state index in [9.17, 15) is 0 Å². The van der Waals surface area contributed by atoms with Gasteiger partial charge in [-0.1, -0.05) is 51.7 Å². The van der Waals surface area contributed by atoms with Gasteiger partial charge in [-0.3, -0.25) is 0 Å². The maximum Gasteiger partial charge on any atom is 0.0788 e. The zero-order valence-electron chi connectivity index (χ0n) is 11.5. The molecule has 0 aromatic heterocycles. The van der Waals surface area contributed by atoms with Crippen molar-refractivity contribution in [1.82, 2.24) is 4.90 Å². The summed E-state index contributed by atoms with van der Waals surface area (Å²) < 4.78 is 0. The Balaban J connectivity index is 2.13. The summed E-state index contributed by atoms with van der Waals surface area (Å²) in [6.45, 7) is 8.08. The van der Waals surface area contributed by atoms with Gasteiger partial charge < -0.3 is 10.6 Å². The van der Waals surface area contributed by atoms with E-state index in [2.05, 4.69) is 18.7 Å². The van der Waals surface area contributed by atoms with Gasteiger partial charge in [-0.05, 0) is 38.9 Å². The number of hydrogen-bond donors (Lipinski definition) is 1. The van der Waals surface area contributed by atoms with Gasteiger partial charge in [0.05, 0.1) is 4.99 Å². The molecular weight excluding hydrogens is 228 g/mol.